The van der Waals surface area contributed by atoms with Crippen LogP contribution in [0.1, 0.15) is 49.5 Å². The molecule has 112 valence electrons. The van der Waals surface area contributed by atoms with E-state index in [2.05, 4.69) is 11.9 Å². The molecule has 1 heterocycles. The number of nitrogens with two attached hydrogens (primary N) is 1. The SMILES string of the molecule is CCCCCCCOC(=O)c1cc(N)c2ccccc2n1. The summed E-state index contributed by atoms with van der Waals surface area (Å²) in [6.45, 7) is 2.62. The van der Waals surface area contributed by atoms with Crippen LogP contribution < -0.4 is 5.73 Å². The fourth-order valence-corrected chi connectivity index (χ4v) is 2.25. The number of carbonyl (C=O) groups is 1. The van der Waals surface area contributed by atoms with Gasteiger partial charge >= 0.3 is 5.97 Å². The number of carbonyl (C=O) groups excluding carboxylic acids is 1. The summed E-state index contributed by atoms with van der Waals surface area (Å²) in [4.78, 5) is 16.3. The van der Waals surface area contributed by atoms with Gasteiger partial charge in [-0.05, 0) is 18.6 Å². The largest absolute Gasteiger partial charge is 0.461 e. The zero-order valence-electron chi connectivity index (χ0n) is 12.5. The molecular formula is C17H22N2O2. The Balaban J connectivity index is 1.93. The number of anilines is 1. The predicted octanol–water partition coefficient (Wildman–Crippen LogP) is 3.94. The molecule has 1 aromatic carbocycles. The Kier molecular flexibility index (Phi) is 5.55. The van der Waals surface area contributed by atoms with Crippen molar-refractivity contribution < 1.29 is 9.53 Å². The van der Waals surface area contributed by atoms with Crippen LogP contribution in [0.4, 0.5) is 5.69 Å². The predicted molar refractivity (Wildman–Crippen MR) is 85.2 cm³/mol. The topological polar surface area (TPSA) is 65.2 Å². The normalized spacial score (nSPS) is 10.7. The number of aromatic nitrogens is 1. The molecule has 0 spiro atoms. The Morgan fingerprint density at radius 2 is 1.95 bits per heavy atom. The molecule has 0 fully saturated rings. The minimum absolute atomic E-state index is 0.278. The molecule has 0 unspecified atom stereocenters. The highest BCUT2D eigenvalue weighted by Gasteiger charge is 2.11. The van der Waals surface area contributed by atoms with Crippen LogP contribution in [0.25, 0.3) is 10.9 Å². The van der Waals surface area contributed by atoms with E-state index >= 15 is 0 Å². The van der Waals surface area contributed by atoms with Crippen LogP contribution in [0.15, 0.2) is 30.3 Å². The summed E-state index contributed by atoms with van der Waals surface area (Å²) in [5.74, 6) is -0.400. The first-order valence-electron chi connectivity index (χ1n) is 7.54. The Morgan fingerprint density at radius 3 is 2.76 bits per heavy atom. The van der Waals surface area contributed by atoms with Gasteiger partial charge in [0.2, 0.25) is 0 Å². The first-order chi connectivity index (χ1) is 10.2. The smallest absolute Gasteiger partial charge is 0.357 e. The highest BCUT2D eigenvalue weighted by molar-refractivity contribution is 5.96. The number of rotatable bonds is 7. The number of esters is 1. The second-order valence-electron chi connectivity index (χ2n) is 5.16. The van der Waals surface area contributed by atoms with E-state index in [1.165, 1.54) is 19.3 Å². The van der Waals surface area contributed by atoms with Gasteiger partial charge in [-0.15, -0.1) is 0 Å². The lowest BCUT2D eigenvalue weighted by atomic mass is 10.1. The van der Waals surface area contributed by atoms with Crippen molar-refractivity contribution in [3.63, 3.8) is 0 Å². The number of fused-ring (bicyclic) bond motifs is 1. The van der Waals surface area contributed by atoms with Gasteiger partial charge in [0.25, 0.3) is 0 Å². The summed E-state index contributed by atoms with van der Waals surface area (Å²) in [5, 5.41) is 0.855. The number of ether oxygens (including phenoxy) is 1. The summed E-state index contributed by atoms with van der Waals surface area (Å²) >= 11 is 0. The minimum Gasteiger partial charge on any atom is -0.461 e. The van der Waals surface area contributed by atoms with E-state index < -0.39 is 5.97 Å². The highest BCUT2D eigenvalue weighted by Crippen LogP contribution is 2.20. The maximum atomic E-state index is 12.0. The average Bonchev–Trinajstić information content (AvgIpc) is 2.50. The minimum atomic E-state index is -0.400. The van der Waals surface area contributed by atoms with Crippen LogP contribution in [-0.4, -0.2) is 17.6 Å². The van der Waals surface area contributed by atoms with Gasteiger partial charge in [0, 0.05) is 11.1 Å². The van der Waals surface area contributed by atoms with Crippen molar-refractivity contribution in [1.82, 2.24) is 4.98 Å². The number of benzene rings is 1. The van der Waals surface area contributed by atoms with Crippen molar-refractivity contribution in [1.29, 1.82) is 0 Å². The van der Waals surface area contributed by atoms with Crippen molar-refractivity contribution in [2.45, 2.75) is 39.0 Å². The van der Waals surface area contributed by atoms with Gasteiger partial charge in [0.1, 0.15) is 0 Å². The van der Waals surface area contributed by atoms with Gasteiger partial charge in [0.05, 0.1) is 12.1 Å². The molecule has 4 heteroatoms. The third-order valence-electron chi connectivity index (χ3n) is 3.44. The van der Waals surface area contributed by atoms with E-state index in [4.69, 9.17) is 10.5 Å². The number of hydrogen-bond acceptors (Lipinski definition) is 4. The lowest BCUT2D eigenvalue weighted by Crippen LogP contribution is -2.09. The van der Waals surface area contributed by atoms with E-state index in [-0.39, 0.29) is 5.69 Å². The molecule has 0 aliphatic heterocycles. The van der Waals surface area contributed by atoms with Gasteiger partial charge in [-0.1, -0.05) is 50.8 Å². The zero-order valence-corrected chi connectivity index (χ0v) is 12.5. The van der Waals surface area contributed by atoms with Crippen LogP contribution in [0.5, 0.6) is 0 Å². The fourth-order valence-electron chi connectivity index (χ4n) is 2.25. The molecule has 0 saturated heterocycles. The molecule has 0 atom stereocenters. The summed E-state index contributed by atoms with van der Waals surface area (Å²) < 4.78 is 5.26. The van der Waals surface area contributed by atoms with Gasteiger partial charge < -0.3 is 10.5 Å². The van der Waals surface area contributed by atoms with E-state index in [1.807, 2.05) is 24.3 Å². The maximum Gasteiger partial charge on any atom is 0.357 e. The van der Waals surface area contributed by atoms with Crippen LogP contribution in [0.3, 0.4) is 0 Å². The Labute approximate surface area is 125 Å². The third-order valence-corrected chi connectivity index (χ3v) is 3.44. The molecule has 2 N–H and O–H groups in total. The Bertz CT molecular complexity index is 611. The van der Waals surface area contributed by atoms with Gasteiger partial charge in [-0.25, -0.2) is 9.78 Å². The number of pyridine rings is 1. The molecule has 0 aliphatic rings. The lowest BCUT2D eigenvalue weighted by Gasteiger charge is -2.07. The molecule has 21 heavy (non-hydrogen) atoms. The molecule has 0 bridgehead atoms. The fraction of sp³-hybridized carbons (Fsp3) is 0.412. The van der Waals surface area contributed by atoms with Crippen molar-refractivity contribution in [3.05, 3.63) is 36.0 Å². The second kappa shape index (κ2) is 7.62. The van der Waals surface area contributed by atoms with Gasteiger partial charge in [0.15, 0.2) is 5.69 Å². The summed E-state index contributed by atoms with van der Waals surface area (Å²) in [5.41, 5.74) is 7.50. The number of hydrogen-bond donors (Lipinski definition) is 1. The van der Waals surface area contributed by atoms with Gasteiger partial charge in [-0.3, -0.25) is 0 Å². The van der Waals surface area contributed by atoms with Crippen molar-refractivity contribution in [2.75, 3.05) is 12.3 Å². The van der Waals surface area contributed by atoms with E-state index in [9.17, 15) is 4.79 Å². The number of nitrogens with zero attached hydrogens (tertiary/aromatic N) is 1. The maximum absolute atomic E-state index is 12.0. The Morgan fingerprint density at radius 1 is 1.19 bits per heavy atom. The van der Waals surface area contributed by atoms with Crippen LogP contribution in [-0.2, 0) is 4.74 Å². The quantitative estimate of drug-likeness (QED) is 0.618. The van der Waals surface area contributed by atoms with Crippen molar-refractivity contribution >= 4 is 22.6 Å². The number of para-hydroxylation sites is 1. The van der Waals surface area contributed by atoms with E-state index in [1.54, 1.807) is 6.07 Å². The average molecular weight is 286 g/mol. The molecule has 0 aliphatic carbocycles. The summed E-state index contributed by atoms with van der Waals surface area (Å²) in [7, 11) is 0. The summed E-state index contributed by atoms with van der Waals surface area (Å²) in [6.07, 6.45) is 5.62. The molecular weight excluding hydrogens is 264 g/mol. The monoisotopic (exact) mass is 286 g/mol. The van der Waals surface area contributed by atoms with Crippen molar-refractivity contribution in [2.24, 2.45) is 0 Å². The molecule has 4 nitrogen and oxygen atoms in total. The molecule has 2 aromatic rings. The molecule has 0 saturated carbocycles. The summed E-state index contributed by atoms with van der Waals surface area (Å²) in [6, 6.07) is 9.09. The number of unbranched alkanes of at least 4 members (excludes halogenated alkanes) is 4. The highest BCUT2D eigenvalue weighted by atomic mass is 16.5. The second-order valence-corrected chi connectivity index (χ2v) is 5.16. The van der Waals surface area contributed by atoms with Crippen LogP contribution in [0, 0.1) is 0 Å². The van der Waals surface area contributed by atoms with Crippen LogP contribution >= 0.6 is 0 Å². The first kappa shape index (κ1) is 15.3. The molecule has 2 rings (SSSR count). The Hall–Kier alpha value is -2.10. The standard InChI is InChI=1S/C17H22N2O2/c1-2-3-4-5-8-11-21-17(20)16-12-14(18)13-9-6-7-10-15(13)19-16/h6-7,9-10,12H,2-5,8,11H2,1H3,(H2,18,19). The molecule has 0 amide bonds. The van der Waals surface area contributed by atoms with E-state index in [0.717, 1.165) is 18.2 Å². The van der Waals surface area contributed by atoms with Crippen molar-refractivity contribution in [3.8, 4) is 0 Å². The third kappa shape index (κ3) is 4.18. The van der Waals surface area contributed by atoms with E-state index in [0.29, 0.717) is 17.8 Å². The lowest BCUT2D eigenvalue weighted by molar-refractivity contribution is 0.0491. The number of nitrogen functional groups attached to an aromatic ring is 1. The molecule has 0 radical (unpaired) electrons. The van der Waals surface area contributed by atoms with Crippen LogP contribution in [0.2, 0.25) is 0 Å². The molecule has 1 aromatic heterocycles. The zero-order chi connectivity index (χ0) is 15.1. The first-order valence-corrected chi connectivity index (χ1v) is 7.54. The van der Waals surface area contributed by atoms with Gasteiger partial charge in [-0.2, -0.15) is 0 Å².